The van der Waals surface area contributed by atoms with E-state index >= 15 is 0 Å². The Kier molecular flexibility index (Phi) is 6.08. The number of esters is 1. The molecule has 0 saturated carbocycles. The number of aryl methyl sites for hydroxylation is 1. The van der Waals surface area contributed by atoms with Gasteiger partial charge >= 0.3 is 5.97 Å². The first-order valence-corrected chi connectivity index (χ1v) is 6.12. The summed E-state index contributed by atoms with van der Waals surface area (Å²) >= 11 is 0. The normalized spacial score (nSPS) is 10.7. The van der Waals surface area contributed by atoms with Crippen molar-refractivity contribution in [2.24, 2.45) is 0 Å². The second-order valence-electron chi connectivity index (χ2n) is 3.96. The first-order chi connectivity index (χ1) is 8.24. The molecular weight excluding hydrogens is 212 g/mol. The highest BCUT2D eigenvalue weighted by Gasteiger charge is 1.99. The minimum Gasteiger partial charge on any atom is -0.466 e. The average Bonchev–Trinajstić information content (AvgIpc) is 2.31. The van der Waals surface area contributed by atoms with E-state index in [-0.39, 0.29) is 5.97 Å². The zero-order valence-electron chi connectivity index (χ0n) is 10.6. The fraction of sp³-hybridized carbons (Fsp3) is 0.400. The van der Waals surface area contributed by atoms with Gasteiger partial charge in [-0.25, -0.2) is 0 Å². The van der Waals surface area contributed by atoms with E-state index in [0.717, 1.165) is 12.8 Å². The highest BCUT2D eigenvalue weighted by atomic mass is 16.5. The summed E-state index contributed by atoms with van der Waals surface area (Å²) < 4.78 is 4.86. The van der Waals surface area contributed by atoms with E-state index in [1.807, 2.05) is 19.1 Å². The second-order valence-corrected chi connectivity index (χ2v) is 3.96. The molecule has 92 valence electrons. The third-order valence-electron chi connectivity index (χ3n) is 2.54. The van der Waals surface area contributed by atoms with Crippen LogP contribution in [-0.4, -0.2) is 12.6 Å². The molecule has 0 aliphatic rings. The fourth-order valence-corrected chi connectivity index (χ4v) is 1.58. The van der Waals surface area contributed by atoms with E-state index in [2.05, 4.69) is 31.2 Å². The molecule has 0 fully saturated rings. The molecule has 0 bridgehead atoms. The van der Waals surface area contributed by atoms with Crippen molar-refractivity contribution in [3.05, 3.63) is 41.5 Å². The maximum atomic E-state index is 11.1. The molecule has 17 heavy (non-hydrogen) atoms. The first kappa shape index (κ1) is 13.5. The van der Waals surface area contributed by atoms with E-state index in [4.69, 9.17) is 4.74 Å². The molecule has 0 aliphatic heterocycles. The standard InChI is InChI=1S/C15H20O2/c1-3-17-15(16)12-6-4-5-10-14-11-8-7-9-13(14)2/h5,7-11H,3-4,6,12H2,1-2H3. The van der Waals surface area contributed by atoms with Crippen molar-refractivity contribution in [1.29, 1.82) is 0 Å². The number of hydrogen-bond acceptors (Lipinski definition) is 2. The van der Waals surface area contributed by atoms with Crippen molar-refractivity contribution in [1.82, 2.24) is 0 Å². The highest BCUT2D eigenvalue weighted by molar-refractivity contribution is 5.69. The van der Waals surface area contributed by atoms with Gasteiger partial charge in [-0.15, -0.1) is 0 Å². The Hall–Kier alpha value is -1.57. The Balaban J connectivity index is 2.27. The van der Waals surface area contributed by atoms with Crippen molar-refractivity contribution in [2.75, 3.05) is 6.61 Å². The Morgan fingerprint density at radius 3 is 2.82 bits per heavy atom. The van der Waals surface area contributed by atoms with Crippen molar-refractivity contribution in [3.63, 3.8) is 0 Å². The van der Waals surface area contributed by atoms with E-state index < -0.39 is 0 Å². The van der Waals surface area contributed by atoms with Gasteiger partial charge in [0.1, 0.15) is 0 Å². The smallest absolute Gasteiger partial charge is 0.305 e. The van der Waals surface area contributed by atoms with Crippen LogP contribution in [0.3, 0.4) is 0 Å². The van der Waals surface area contributed by atoms with E-state index in [1.54, 1.807) is 0 Å². The first-order valence-electron chi connectivity index (χ1n) is 6.12. The van der Waals surface area contributed by atoms with Crippen molar-refractivity contribution in [2.45, 2.75) is 33.1 Å². The Bertz CT molecular complexity index is 380. The van der Waals surface area contributed by atoms with Gasteiger partial charge in [-0.2, -0.15) is 0 Å². The second kappa shape index (κ2) is 7.66. The summed E-state index contributed by atoms with van der Waals surface area (Å²) in [4.78, 5) is 11.1. The molecule has 0 radical (unpaired) electrons. The molecular formula is C15H20O2. The monoisotopic (exact) mass is 232 g/mol. The molecule has 1 rings (SSSR count). The van der Waals surface area contributed by atoms with Gasteiger partial charge in [-0.1, -0.05) is 36.4 Å². The summed E-state index contributed by atoms with van der Waals surface area (Å²) in [5, 5.41) is 0. The average molecular weight is 232 g/mol. The summed E-state index contributed by atoms with van der Waals surface area (Å²) in [6.45, 7) is 4.39. The number of hydrogen-bond donors (Lipinski definition) is 0. The highest BCUT2D eigenvalue weighted by Crippen LogP contribution is 2.10. The lowest BCUT2D eigenvalue weighted by Crippen LogP contribution is -2.02. The van der Waals surface area contributed by atoms with Gasteiger partial charge in [0.2, 0.25) is 0 Å². The van der Waals surface area contributed by atoms with Crippen LogP contribution in [-0.2, 0) is 9.53 Å². The van der Waals surface area contributed by atoms with Crippen molar-refractivity contribution < 1.29 is 9.53 Å². The Labute approximate surface area is 103 Å². The molecule has 0 saturated heterocycles. The molecule has 0 unspecified atom stereocenters. The van der Waals surface area contributed by atoms with Crippen LogP contribution in [0.1, 0.15) is 37.3 Å². The number of unbranched alkanes of at least 4 members (excludes halogenated alkanes) is 1. The van der Waals surface area contributed by atoms with Crippen LogP contribution < -0.4 is 0 Å². The number of carbonyl (C=O) groups excluding carboxylic acids is 1. The van der Waals surface area contributed by atoms with Crippen LogP contribution in [0.2, 0.25) is 0 Å². The van der Waals surface area contributed by atoms with E-state index in [9.17, 15) is 4.79 Å². The molecule has 0 heterocycles. The number of carbonyl (C=O) groups is 1. The lowest BCUT2D eigenvalue weighted by Gasteiger charge is -2.00. The van der Waals surface area contributed by atoms with Gasteiger partial charge < -0.3 is 4.74 Å². The topological polar surface area (TPSA) is 26.3 Å². The summed E-state index contributed by atoms with van der Waals surface area (Å²) in [6.07, 6.45) is 6.49. The number of rotatable bonds is 6. The maximum absolute atomic E-state index is 11.1. The summed E-state index contributed by atoms with van der Waals surface area (Å²) in [5.74, 6) is -0.100. The van der Waals surface area contributed by atoms with E-state index in [0.29, 0.717) is 13.0 Å². The molecule has 0 N–H and O–H groups in total. The van der Waals surface area contributed by atoms with Gasteiger partial charge in [0.15, 0.2) is 0 Å². The van der Waals surface area contributed by atoms with Gasteiger partial charge in [-0.3, -0.25) is 4.79 Å². The van der Waals surface area contributed by atoms with Gasteiger partial charge in [0.25, 0.3) is 0 Å². The Morgan fingerprint density at radius 2 is 2.12 bits per heavy atom. The number of benzene rings is 1. The maximum Gasteiger partial charge on any atom is 0.305 e. The van der Waals surface area contributed by atoms with E-state index in [1.165, 1.54) is 11.1 Å². The summed E-state index contributed by atoms with van der Waals surface area (Å²) in [7, 11) is 0. The molecule has 0 aliphatic carbocycles. The van der Waals surface area contributed by atoms with Crippen LogP contribution in [0.15, 0.2) is 30.3 Å². The lowest BCUT2D eigenvalue weighted by molar-refractivity contribution is -0.143. The minimum absolute atomic E-state index is 0.100. The summed E-state index contributed by atoms with van der Waals surface area (Å²) in [6, 6.07) is 8.26. The van der Waals surface area contributed by atoms with Crippen LogP contribution in [0, 0.1) is 6.92 Å². The van der Waals surface area contributed by atoms with Gasteiger partial charge in [-0.05, 0) is 37.8 Å². The SMILES string of the molecule is CCOC(=O)CCCC=Cc1ccccc1C. The van der Waals surface area contributed by atoms with Crippen molar-refractivity contribution in [3.8, 4) is 0 Å². The largest absolute Gasteiger partial charge is 0.466 e. The lowest BCUT2D eigenvalue weighted by atomic mass is 10.1. The molecule has 2 heteroatoms. The molecule has 1 aromatic rings. The molecule has 0 atom stereocenters. The predicted molar refractivity (Wildman–Crippen MR) is 70.7 cm³/mol. The number of allylic oxidation sites excluding steroid dienone is 1. The summed E-state index contributed by atoms with van der Waals surface area (Å²) in [5.41, 5.74) is 2.51. The zero-order valence-corrected chi connectivity index (χ0v) is 10.6. The van der Waals surface area contributed by atoms with Crippen molar-refractivity contribution >= 4 is 12.0 Å². The quantitative estimate of drug-likeness (QED) is 0.551. The third kappa shape index (κ3) is 5.34. The molecule has 1 aromatic carbocycles. The van der Waals surface area contributed by atoms with Crippen LogP contribution in [0.4, 0.5) is 0 Å². The van der Waals surface area contributed by atoms with Crippen LogP contribution in [0.5, 0.6) is 0 Å². The van der Waals surface area contributed by atoms with Gasteiger partial charge in [0.05, 0.1) is 6.61 Å². The third-order valence-corrected chi connectivity index (χ3v) is 2.54. The Morgan fingerprint density at radius 1 is 1.35 bits per heavy atom. The minimum atomic E-state index is -0.100. The molecule has 2 nitrogen and oxygen atoms in total. The predicted octanol–water partition coefficient (Wildman–Crippen LogP) is 3.74. The van der Waals surface area contributed by atoms with Crippen LogP contribution >= 0.6 is 0 Å². The number of ether oxygens (including phenoxy) is 1. The fourth-order valence-electron chi connectivity index (χ4n) is 1.58. The van der Waals surface area contributed by atoms with Crippen LogP contribution in [0.25, 0.3) is 6.08 Å². The molecule has 0 amide bonds. The van der Waals surface area contributed by atoms with Gasteiger partial charge in [0, 0.05) is 6.42 Å². The molecule has 0 spiro atoms. The molecule has 0 aromatic heterocycles. The zero-order chi connectivity index (χ0) is 12.5.